The Morgan fingerprint density at radius 1 is 1.09 bits per heavy atom. The van der Waals surface area contributed by atoms with Crippen LogP contribution < -0.4 is 28.1 Å². The molecule has 0 bridgehead atoms. The molecule has 174 valence electrons. The summed E-state index contributed by atoms with van der Waals surface area (Å²) in [6, 6.07) is 7.42. The predicted octanol–water partition coefficient (Wildman–Crippen LogP) is 2.03. The number of halogens is 3. The number of anilines is 3. The van der Waals surface area contributed by atoms with Crippen LogP contribution in [-0.4, -0.2) is 32.0 Å². The van der Waals surface area contributed by atoms with Gasteiger partial charge in [-0.3, -0.25) is 14.2 Å². The molecule has 0 aliphatic heterocycles. The van der Waals surface area contributed by atoms with Crippen LogP contribution in [-0.2, 0) is 6.42 Å². The molecule has 0 spiro atoms. The van der Waals surface area contributed by atoms with Crippen molar-refractivity contribution >= 4 is 46.0 Å². The number of primary amides is 1. The first-order chi connectivity index (χ1) is 16.2. The monoisotopic (exact) mass is 486 g/mol. The van der Waals surface area contributed by atoms with Crippen LogP contribution in [0.3, 0.4) is 0 Å². The van der Waals surface area contributed by atoms with E-state index in [-0.39, 0.29) is 58.0 Å². The third-order valence-electron chi connectivity index (χ3n) is 4.86. The van der Waals surface area contributed by atoms with E-state index in [9.17, 15) is 18.4 Å². The van der Waals surface area contributed by atoms with Crippen LogP contribution in [0.15, 0.2) is 41.2 Å². The van der Waals surface area contributed by atoms with Crippen molar-refractivity contribution in [2.45, 2.75) is 6.42 Å². The lowest BCUT2D eigenvalue weighted by Gasteiger charge is -2.16. The highest BCUT2D eigenvalue weighted by molar-refractivity contribution is 6.35. The van der Waals surface area contributed by atoms with Gasteiger partial charge < -0.3 is 22.5 Å². The molecule has 0 saturated carbocycles. The summed E-state index contributed by atoms with van der Waals surface area (Å²) in [6.07, 6.45) is 0.0534. The summed E-state index contributed by atoms with van der Waals surface area (Å²) in [5.74, 6) is -2.85. The van der Waals surface area contributed by atoms with Crippen molar-refractivity contribution < 1.29 is 13.6 Å². The number of carbonyl (C=O) groups excluding carboxylic acids is 1. The van der Waals surface area contributed by atoms with Crippen LogP contribution in [0.5, 0.6) is 0 Å². The highest BCUT2D eigenvalue weighted by Gasteiger charge is 2.19. The molecule has 10 nitrogen and oxygen atoms in total. The predicted molar refractivity (Wildman–Crippen MR) is 124 cm³/mol. The van der Waals surface area contributed by atoms with Crippen molar-refractivity contribution in [1.82, 2.24) is 19.5 Å². The Balaban J connectivity index is 1.79. The first-order valence-electron chi connectivity index (χ1n) is 9.79. The third kappa shape index (κ3) is 4.30. The molecule has 13 heteroatoms. The van der Waals surface area contributed by atoms with E-state index >= 15 is 0 Å². The number of rotatable bonds is 6. The van der Waals surface area contributed by atoms with E-state index in [4.69, 9.17) is 28.8 Å². The molecule has 2 aromatic carbocycles. The van der Waals surface area contributed by atoms with Gasteiger partial charge in [0, 0.05) is 19.0 Å². The summed E-state index contributed by atoms with van der Waals surface area (Å²) >= 11 is 6.20. The van der Waals surface area contributed by atoms with Gasteiger partial charge in [0.1, 0.15) is 34.7 Å². The molecule has 0 fully saturated rings. The Labute approximate surface area is 195 Å². The Kier molecular flexibility index (Phi) is 5.99. The van der Waals surface area contributed by atoms with Gasteiger partial charge in [-0.15, -0.1) is 0 Å². The molecule has 1 amide bonds. The third-order valence-corrected chi connectivity index (χ3v) is 5.18. The normalized spacial score (nSPS) is 11.0. The van der Waals surface area contributed by atoms with Crippen molar-refractivity contribution in [3.8, 4) is 5.69 Å². The smallest absolute Gasteiger partial charge is 0.267 e. The molecule has 0 aliphatic carbocycles. The fourth-order valence-corrected chi connectivity index (χ4v) is 3.75. The second-order valence-electron chi connectivity index (χ2n) is 7.16. The molecule has 0 saturated heterocycles. The summed E-state index contributed by atoms with van der Waals surface area (Å²) < 4.78 is 29.0. The van der Waals surface area contributed by atoms with Crippen LogP contribution in [0.2, 0.25) is 5.02 Å². The lowest BCUT2D eigenvalue weighted by molar-refractivity contribution is 0.100. The van der Waals surface area contributed by atoms with E-state index in [1.54, 1.807) is 12.1 Å². The van der Waals surface area contributed by atoms with Gasteiger partial charge in [-0.1, -0.05) is 17.7 Å². The topological polar surface area (TPSA) is 168 Å². The fraction of sp³-hybridized carbons (Fsp3) is 0.0952. The maximum absolute atomic E-state index is 13.9. The Bertz CT molecular complexity index is 1490. The maximum atomic E-state index is 13.9. The van der Waals surface area contributed by atoms with E-state index < -0.39 is 23.1 Å². The maximum Gasteiger partial charge on any atom is 0.267 e. The molecule has 0 unspecified atom stereocenters. The Hall–Kier alpha value is -4.32. The number of benzene rings is 2. The number of nitrogens with zero attached hydrogens (tertiary/aromatic N) is 4. The Morgan fingerprint density at radius 3 is 2.47 bits per heavy atom. The highest BCUT2D eigenvalue weighted by atomic mass is 35.5. The minimum Gasteiger partial charge on any atom is -0.383 e. The summed E-state index contributed by atoms with van der Waals surface area (Å²) in [7, 11) is 0. The standard InChI is InChI=1S/C21H17ClF2N8O2/c22-12-2-1-3-13-15(12)20(34)32(11-7-9(23)6-10(24)8-11)14(29-13)4-5-28-19-16(18(26)33)17(25)30-21(27)31-19/h1-3,6-8H,4-5H2,(H2,26,33)(H5,25,27,28,30,31). The lowest BCUT2D eigenvalue weighted by atomic mass is 10.2. The Morgan fingerprint density at radius 2 is 1.79 bits per heavy atom. The van der Waals surface area contributed by atoms with Crippen LogP contribution >= 0.6 is 11.6 Å². The van der Waals surface area contributed by atoms with E-state index in [1.165, 1.54) is 6.07 Å². The van der Waals surface area contributed by atoms with Crippen LogP contribution in [0.4, 0.5) is 26.4 Å². The number of aromatic nitrogens is 4. The van der Waals surface area contributed by atoms with Gasteiger partial charge in [-0.05, 0) is 24.3 Å². The molecule has 0 radical (unpaired) electrons. The molecule has 4 rings (SSSR count). The summed E-state index contributed by atoms with van der Waals surface area (Å²) in [5, 5.41) is 3.10. The number of nitrogens with one attached hydrogen (secondary N) is 1. The zero-order chi connectivity index (χ0) is 24.6. The quantitative estimate of drug-likeness (QED) is 0.321. The van der Waals surface area contributed by atoms with E-state index in [0.717, 1.165) is 16.7 Å². The number of nitrogens with two attached hydrogens (primary N) is 3. The van der Waals surface area contributed by atoms with Crippen molar-refractivity contribution in [1.29, 1.82) is 0 Å². The largest absolute Gasteiger partial charge is 0.383 e. The van der Waals surface area contributed by atoms with Gasteiger partial charge in [0.15, 0.2) is 0 Å². The summed E-state index contributed by atoms with van der Waals surface area (Å²) in [6.45, 7) is 0.0620. The number of fused-ring (bicyclic) bond motifs is 1. The molecule has 0 atom stereocenters. The number of hydrogen-bond donors (Lipinski definition) is 4. The van der Waals surface area contributed by atoms with Crippen molar-refractivity contribution in [3.63, 3.8) is 0 Å². The van der Waals surface area contributed by atoms with Gasteiger partial charge in [0.2, 0.25) is 5.95 Å². The minimum absolute atomic E-state index is 0.00738. The first kappa shape index (κ1) is 22.9. The zero-order valence-electron chi connectivity index (χ0n) is 17.3. The molecular formula is C21H17ClF2N8O2. The fourth-order valence-electron chi connectivity index (χ4n) is 3.50. The molecule has 0 aliphatic rings. The zero-order valence-corrected chi connectivity index (χ0v) is 18.1. The van der Waals surface area contributed by atoms with Gasteiger partial charge >= 0.3 is 0 Å². The molecule has 2 heterocycles. The van der Waals surface area contributed by atoms with E-state index in [1.807, 2.05) is 0 Å². The van der Waals surface area contributed by atoms with Crippen molar-refractivity contribution in [2.24, 2.45) is 5.73 Å². The summed E-state index contributed by atoms with van der Waals surface area (Å²) in [4.78, 5) is 37.2. The van der Waals surface area contributed by atoms with Crippen molar-refractivity contribution in [3.05, 3.63) is 74.8 Å². The second-order valence-corrected chi connectivity index (χ2v) is 7.57. The lowest BCUT2D eigenvalue weighted by Crippen LogP contribution is -2.26. The molecular weight excluding hydrogens is 470 g/mol. The van der Waals surface area contributed by atoms with Crippen molar-refractivity contribution in [2.75, 3.05) is 23.3 Å². The average Bonchev–Trinajstić information content (AvgIpc) is 2.72. The summed E-state index contributed by atoms with van der Waals surface area (Å²) in [5.41, 5.74) is 16.1. The van der Waals surface area contributed by atoms with Gasteiger partial charge in [-0.25, -0.2) is 13.8 Å². The molecule has 34 heavy (non-hydrogen) atoms. The van der Waals surface area contributed by atoms with E-state index in [2.05, 4.69) is 20.3 Å². The number of carbonyl (C=O) groups is 1. The minimum atomic E-state index is -0.872. The molecule has 7 N–H and O–H groups in total. The molecule has 2 aromatic heterocycles. The number of hydrogen-bond acceptors (Lipinski definition) is 8. The highest BCUT2D eigenvalue weighted by Crippen LogP contribution is 2.22. The number of nitrogen functional groups attached to an aromatic ring is 2. The molecule has 4 aromatic rings. The van der Waals surface area contributed by atoms with Gasteiger partial charge in [0.25, 0.3) is 11.5 Å². The van der Waals surface area contributed by atoms with Crippen LogP contribution in [0.25, 0.3) is 16.6 Å². The second kappa shape index (κ2) is 8.90. The van der Waals surface area contributed by atoms with Crippen LogP contribution in [0, 0.1) is 11.6 Å². The van der Waals surface area contributed by atoms with Gasteiger partial charge in [-0.2, -0.15) is 9.97 Å². The first-order valence-corrected chi connectivity index (χ1v) is 10.2. The average molecular weight is 487 g/mol. The van der Waals surface area contributed by atoms with Crippen LogP contribution in [0.1, 0.15) is 16.2 Å². The van der Waals surface area contributed by atoms with E-state index in [0.29, 0.717) is 11.6 Å². The van der Waals surface area contributed by atoms with Gasteiger partial charge in [0.05, 0.1) is 21.6 Å². The SMILES string of the molecule is NC(=O)c1c(N)nc(N)nc1NCCc1nc2cccc(Cl)c2c(=O)n1-c1cc(F)cc(F)c1. The number of amides is 1.